The highest BCUT2D eigenvalue weighted by atomic mass is 16.5. The quantitative estimate of drug-likeness (QED) is 0.634. The Morgan fingerprint density at radius 1 is 1.42 bits per heavy atom. The van der Waals surface area contributed by atoms with Gasteiger partial charge in [0.15, 0.2) is 11.7 Å². The Morgan fingerprint density at radius 3 is 2.58 bits per heavy atom. The van der Waals surface area contributed by atoms with Crippen molar-refractivity contribution < 1.29 is 4.52 Å². The first kappa shape index (κ1) is 15.5. The molecule has 0 saturated carbocycles. The molecule has 0 amide bonds. The van der Waals surface area contributed by atoms with Crippen molar-refractivity contribution in [3.05, 3.63) is 17.5 Å². The van der Waals surface area contributed by atoms with Gasteiger partial charge in [0.2, 0.25) is 0 Å². The smallest absolute Gasteiger partial charge is 0.189 e. The lowest BCUT2D eigenvalue weighted by Gasteiger charge is -2.20. The van der Waals surface area contributed by atoms with Crippen molar-refractivity contribution in [3.8, 4) is 0 Å². The molecule has 1 aromatic heterocycles. The lowest BCUT2D eigenvalue weighted by atomic mass is 9.99. The second kappa shape index (κ2) is 6.59. The number of guanidine groups is 1. The van der Waals surface area contributed by atoms with Crippen LogP contribution in [0, 0.1) is 0 Å². The largest absolute Gasteiger partial charge is 0.370 e. The summed E-state index contributed by atoms with van der Waals surface area (Å²) in [6.07, 6.45) is 2.14. The molecule has 0 aliphatic rings. The molecule has 0 fully saturated rings. The third-order valence-electron chi connectivity index (χ3n) is 2.89. The summed E-state index contributed by atoms with van der Waals surface area (Å²) in [4.78, 5) is 4.25. The molecule has 3 N–H and O–H groups in total. The lowest BCUT2D eigenvalue weighted by Crippen LogP contribution is -2.44. The third kappa shape index (κ3) is 5.32. The van der Waals surface area contributed by atoms with Gasteiger partial charge in [-0.25, -0.2) is 4.99 Å². The molecular formula is C14H26N4O. The van der Waals surface area contributed by atoms with E-state index in [1.807, 2.05) is 26.8 Å². The fourth-order valence-electron chi connectivity index (χ4n) is 1.89. The number of nitrogens with one attached hydrogen (secondary N) is 1. The van der Waals surface area contributed by atoms with Crippen molar-refractivity contribution >= 4 is 5.96 Å². The molecular weight excluding hydrogens is 240 g/mol. The Balaban J connectivity index is 2.61. The average Bonchev–Trinajstić information content (AvgIpc) is 2.75. The molecule has 1 heterocycles. The van der Waals surface area contributed by atoms with Crippen LogP contribution in [0.2, 0.25) is 0 Å². The average molecular weight is 266 g/mol. The highest BCUT2D eigenvalue weighted by Crippen LogP contribution is 2.22. The monoisotopic (exact) mass is 266 g/mol. The van der Waals surface area contributed by atoms with Crippen LogP contribution in [-0.2, 0) is 6.54 Å². The summed E-state index contributed by atoms with van der Waals surface area (Å²) in [5, 5.41) is 7.21. The second-order valence-electron chi connectivity index (χ2n) is 5.81. The van der Waals surface area contributed by atoms with Crippen LogP contribution in [0.4, 0.5) is 0 Å². The first-order chi connectivity index (χ1) is 8.85. The molecule has 1 rings (SSSR count). The summed E-state index contributed by atoms with van der Waals surface area (Å²) in [6.45, 7) is 10.8. The SMILES string of the molecule is CCC(CC)c1cc(CN=C(N)NC(C)(C)C)on1. The summed E-state index contributed by atoms with van der Waals surface area (Å²) < 4.78 is 5.29. The van der Waals surface area contributed by atoms with Gasteiger partial charge in [0.25, 0.3) is 0 Å². The van der Waals surface area contributed by atoms with Crippen LogP contribution in [0.3, 0.4) is 0 Å². The first-order valence-corrected chi connectivity index (χ1v) is 6.89. The van der Waals surface area contributed by atoms with Gasteiger partial charge < -0.3 is 15.6 Å². The van der Waals surface area contributed by atoms with Crippen LogP contribution in [0.5, 0.6) is 0 Å². The normalized spacial score (nSPS) is 13.1. The van der Waals surface area contributed by atoms with Gasteiger partial charge in [-0.3, -0.25) is 0 Å². The highest BCUT2D eigenvalue weighted by Gasteiger charge is 2.13. The van der Waals surface area contributed by atoms with E-state index in [1.54, 1.807) is 0 Å². The van der Waals surface area contributed by atoms with Crippen LogP contribution < -0.4 is 11.1 Å². The van der Waals surface area contributed by atoms with E-state index in [2.05, 4.69) is 29.3 Å². The molecule has 19 heavy (non-hydrogen) atoms. The van der Waals surface area contributed by atoms with Crippen LogP contribution in [0.25, 0.3) is 0 Å². The number of aromatic nitrogens is 1. The van der Waals surface area contributed by atoms with E-state index in [0.29, 0.717) is 18.4 Å². The zero-order valence-corrected chi connectivity index (χ0v) is 12.7. The molecule has 5 nitrogen and oxygen atoms in total. The summed E-state index contributed by atoms with van der Waals surface area (Å²) in [5.41, 5.74) is 6.73. The molecule has 0 aliphatic carbocycles. The Kier molecular flexibility index (Phi) is 5.39. The number of aliphatic imine (C=N–C) groups is 1. The Morgan fingerprint density at radius 2 is 2.05 bits per heavy atom. The molecule has 0 spiro atoms. The first-order valence-electron chi connectivity index (χ1n) is 6.89. The molecule has 0 saturated heterocycles. The molecule has 0 atom stereocenters. The maximum atomic E-state index is 5.80. The minimum Gasteiger partial charge on any atom is -0.370 e. The molecule has 0 bridgehead atoms. The number of rotatable bonds is 5. The molecule has 0 radical (unpaired) electrons. The van der Waals surface area contributed by atoms with E-state index in [9.17, 15) is 0 Å². The van der Waals surface area contributed by atoms with Gasteiger partial charge in [0.05, 0.1) is 5.69 Å². The molecule has 108 valence electrons. The fourth-order valence-corrected chi connectivity index (χ4v) is 1.89. The predicted octanol–water partition coefficient (Wildman–Crippen LogP) is 2.78. The van der Waals surface area contributed by atoms with Gasteiger partial charge >= 0.3 is 0 Å². The minimum atomic E-state index is -0.0876. The van der Waals surface area contributed by atoms with E-state index in [1.165, 1.54) is 0 Å². The van der Waals surface area contributed by atoms with E-state index in [-0.39, 0.29) is 5.54 Å². The molecule has 0 unspecified atom stereocenters. The van der Waals surface area contributed by atoms with E-state index in [4.69, 9.17) is 10.3 Å². The van der Waals surface area contributed by atoms with Gasteiger partial charge in [-0.05, 0) is 33.6 Å². The van der Waals surface area contributed by atoms with Crippen LogP contribution in [0.1, 0.15) is 64.8 Å². The summed E-state index contributed by atoms with van der Waals surface area (Å²) in [6, 6.07) is 1.98. The fraction of sp³-hybridized carbons (Fsp3) is 0.714. The van der Waals surface area contributed by atoms with Crippen LogP contribution in [0.15, 0.2) is 15.6 Å². The third-order valence-corrected chi connectivity index (χ3v) is 2.89. The number of nitrogens with two attached hydrogens (primary N) is 1. The Labute approximate surface area is 115 Å². The lowest BCUT2D eigenvalue weighted by molar-refractivity contribution is 0.372. The van der Waals surface area contributed by atoms with Gasteiger partial charge in [0, 0.05) is 17.5 Å². The zero-order chi connectivity index (χ0) is 14.5. The van der Waals surface area contributed by atoms with Gasteiger partial charge in [-0.15, -0.1) is 0 Å². The number of hydrogen-bond donors (Lipinski definition) is 2. The standard InChI is InChI=1S/C14H26N4O/c1-6-10(7-2)12-8-11(19-18-12)9-16-13(15)17-14(3,4)5/h8,10H,6-7,9H2,1-5H3,(H3,15,16,17). The zero-order valence-electron chi connectivity index (χ0n) is 12.7. The van der Waals surface area contributed by atoms with Crippen molar-refractivity contribution in [1.29, 1.82) is 0 Å². The van der Waals surface area contributed by atoms with E-state index >= 15 is 0 Å². The maximum absolute atomic E-state index is 5.80. The van der Waals surface area contributed by atoms with Crippen LogP contribution in [-0.4, -0.2) is 16.7 Å². The predicted molar refractivity (Wildman–Crippen MR) is 78.0 cm³/mol. The summed E-state index contributed by atoms with van der Waals surface area (Å²) in [7, 11) is 0. The second-order valence-corrected chi connectivity index (χ2v) is 5.81. The number of nitrogens with zero attached hydrogens (tertiary/aromatic N) is 2. The number of hydrogen-bond acceptors (Lipinski definition) is 3. The van der Waals surface area contributed by atoms with Crippen LogP contribution >= 0.6 is 0 Å². The highest BCUT2D eigenvalue weighted by molar-refractivity contribution is 5.78. The Bertz CT molecular complexity index is 413. The van der Waals surface area contributed by atoms with Gasteiger partial charge in [0.1, 0.15) is 6.54 Å². The van der Waals surface area contributed by atoms with Crippen molar-refractivity contribution in [1.82, 2.24) is 10.5 Å². The van der Waals surface area contributed by atoms with Crippen molar-refractivity contribution in [3.63, 3.8) is 0 Å². The van der Waals surface area contributed by atoms with Crippen molar-refractivity contribution in [2.24, 2.45) is 10.7 Å². The van der Waals surface area contributed by atoms with E-state index < -0.39 is 0 Å². The van der Waals surface area contributed by atoms with Crippen molar-refractivity contribution in [2.45, 2.75) is 65.5 Å². The molecule has 0 aliphatic heterocycles. The minimum absolute atomic E-state index is 0.0876. The summed E-state index contributed by atoms with van der Waals surface area (Å²) in [5.74, 6) is 1.64. The summed E-state index contributed by atoms with van der Waals surface area (Å²) >= 11 is 0. The van der Waals surface area contributed by atoms with E-state index in [0.717, 1.165) is 24.3 Å². The maximum Gasteiger partial charge on any atom is 0.189 e. The van der Waals surface area contributed by atoms with Gasteiger partial charge in [-0.1, -0.05) is 19.0 Å². The molecule has 0 aromatic carbocycles. The molecule has 1 aromatic rings. The van der Waals surface area contributed by atoms with Gasteiger partial charge in [-0.2, -0.15) is 0 Å². The topological polar surface area (TPSA) is 76.4 Å². The Hall–Kier alpha value is -1.52. The molecule has 5 heteroatoms. The van der Waals surface area contributed by atoms with Crippen molar-refractivity contribution in [2.75, 3.05) is 0 Å².